The average Bonchev–Trinajstić information content (AvgIpc) is 2.18. The largest absolute Gasteiger partial charge is 0.444 e. The highest BCUT2D eigenvalue weighted by Crippen LogP contribution is 2.26. The molecule has 4 nitrogen and oxygen atoms in total. The molecule has 2 N–H and O–H groups in total. The summed E-state index contributed by atoms with van der Waals surface area (Å²) >= 11 is 0. The molecule has 4 heteroatoms. The number of hydrogen-bond donors (Lipinski definition) is 2. The number of carbonyl (C=O) groups excluding carboxylic acids is 1. The molecule has 1 rings (SSSR count). The van der Waals surface area contributed by atoms with Crippen molar-refractivity contribution in [2.24, 2.45) is 5.41 Å². The number of ether oxygens (including phenoxy) is 1. The summed E-state index contributed by atoms with van der Waals surface area (Å²) in [6.07, 6.45) is 1.97. The van der Waals surface area contributed by atoms with Crippen LogP contribution in [0.4, 0.5) is 4.79 Å². The average molecular weight is 242 g/mol. The maximum Gasteiger partial charge on any atom is 0.407 e. The van der Waals surface area contributed by atoms with Crippen LogP contribution in [0.15, 0.2) is 0 Å². The van der Waals surface area contributed by atoms with E-state index in [-0.39, 0.29) is 11.5 Å². The molecule has 0 saturated carbocycles. The number of piperidine rings is 1. The van der Waals surface area contributed by atoms with E-state index in [1.807, 2.05) is 20.8 Å². The van der Waals surface area contributed by atoms with Gasteiger partial charge in [0.15, 0.2) is 0 Å². The Balaban J connectivity index is 2.32. The fourth-order valence-corrected chi connectivity index (χ4v) is 1.93. The van der Waals surface area contributed by atoms with Crippen molar-refractivity contribution in [1.29, 1.82) is 0 Å². The van der Waals surface area contributed by atoms with Gasteiger partial charge < -0.3 is 15.4 Å². The molecule has 2 atom stereocenters. The molecular formula is C13H26N2O2. The van der Waals surface area contributed by atoms with Gasteiger partial charge >= 0.3 is 6.09 Å². The molecule has 1 heterocycles. The minimum Gasteiger partial charge on any atom is -0.444 e. The summed E-state index contributed by atoms with van der Waals surface area (Å²) in [5.41, 5.74) is -0.284. The van der Waals surface area contributed by atoms with Crippen molar-refractivity contribution in [2.75, 3.05) is 13.1 Å². The van der Waals surface area contributed by atoms with Crippen molar-refractivity contribution in [1.82, 2.24) is 10.6 Å². The number of nitrogens with one attached hydrogen (secondary N) is 2. The van der Waals surface area contributed by atoms with Crippen LogP contribution in [0.5, 0.6) is 0 Å². The van der Waals surface area contributed by atoms with Gasteiger partial charge in [0.2, 0.25) is 0 Å². The van der Waals surface area contributed by atoms with Gasteiger partial charge in [-0.1, -0.05) is 6.92 Å². The smallest absolute Gasteiger partial charge is 0.407 e. The van der Waals surface area contributed by atoms with E-state index in [9.17, 15) is 4.79 Å². The van der Waals surface area contributed by atoms with Gasteiger partial charge in [0.1, 0.15) is 5.60 Å². The molecule has 0 radical (unpaired) electrons. The minimum atomic E-state index is -0.426. The van der Waals surface area contributed by atoms with Crippen LogP contribution in [0.2, 0.25) is 0 Å². The van der Waals surface area contributed by atoms with Gasteiger partial charge in [0, 0.05) is 19.1 Å². The van der Waals surface area contributed by atoms with Crippen LogP contribution in [0.25, 0.3) is 0 Å². The molecule has 0 aromatic carbocycles. The molecule has 100 valence electrons. The highest BCUT2D eigenvalue weighted by molar-refractivity contribution is 5.67. The van der Waals surface area contributed by atoms with Gasteiger partial charge in [0.05, 0.1) is 0 Å². The monoisotopic (exact) mass is 242 g/mol. The van der Waals surface area contributed by atoms with Crippen LogP contribution in [0.1, 0.15) is 47.5 Å². The molecular weight excluding hydrogens is 216 g/mol. The lowest BCUT2D eigenvalue weighted by Gasteiger charge is -2.37. The number of rotatable bonds is 2. The predicted octanol–water partition coefficient (Wildman–Crippen LogP) is 2.29. The number of carbonyl (C=O) groups is 1. The zero-order valence-corrected chi connectivity index (χ0v) is 11.7. The Kier molecular flexibility index (Phi) is 4.42. The van der Waals surface area contributed by atoms with Crippen molar-refractivity contribution >= 4 is 6.09 Å². The summed E-state index contributed by atoms with van der Waals surface area (Å²) in [5.74, 6) is 0. The van der Waals surface area contributed by atoms with Crippen LogP contribution in [0, 0.1) is 5.41 Å². The zero-order valence-electron chi connectivity index (χ0n) is 11.7. The minimum absolute atomic E-state index is 0.142. The molecule has 1 fully saturated rings. The van der Waals surface area contributed by atoms with E-state index in [0.29, 0.717) is 12.6 Å². The van der Waals surface area contributed by atoms with Gasteiger partial charge in [-0.15, -0.1) is 0 Å². The van der Waals surface area contributed by atoms with E-state index in [4.69, 9.17) is 4.74 Å². The third kappa shape index (κ3) is 5.39. The first-order chi connectivity index (χ1) is 7.70. The summed E-state index contributed by atoms with van der Waals surface area (Å²) in [6.45, 7) is 11.6. The third-order valence-corrected chi connectivity index (χ3v) is 3.12. The Hall–Kier alpha value is -0.770. The molecule has 17 heavy (non-hydrogen) atoms. The van der Waals surface area contributed by atoms with Crippen molar-refractivity contribution in [3.8, 4) is 0 Å². The molecule has 1 aliphatic heterocycles. The van der Waals surface area contributed by atoms with Crippen LogP contribution < -0.4 is 10.6 Å². The first-order valence-electron chi connectivity index (χ1n) is 6.40. The topological polar surface area (TPSA) is 50.4 Å². The first kappa shape index (κ1) is 14.3. The quantitative estimate of drug-likeness (QED) is 0.781. The SMILES string of the molecule is CC1CCC(C)(CNC(=O)OC(C)(C)C)CN1. The summed E-state index contributed by atoms with van der Waals surface area (Å²) in [5, 5.41) is 6.32. The van der Waals surface area contributed by atoms with Gasteiger partial charge in [-0.2, -0.15) is 0 Å². The third-order valence-electron chi connectivity index (χ3n) is 3.12. The van der Waals surface area contributed by atoms with Crippen LogP contribution in [0.3, 0.4) is 0 Å². The van der Waals surface area contributed by atoms with Crippen LogP contribution in [-0.4, -0.2) is 30.8 Å². The molecule has 0 spiro atoms. The second-order valence-corrected chi connectivity index (χ2v) is 6.49. The Morgan fingerprint density at radius 2 is 2.18 bits per heavy atom. The Morgan fingerprint density at radius 3 is 2.65 bits per heavy atom. The lowest BCUT2D eigenvalue weighted by Crippen LogP contribution is -2.49. The van der Waals surface area contributed by atoms with Crippen LogP contribution in [-0.2, 0) is 4.74 Å². The normalized spacial score (nSPS) is 29.8. The van der Waals surface area contributed by atoms with E-state index >= 15 is 0 Å². The van der Waals surface area contributed by atoms with E-state index in [0.717, 1.165) is 19.4 Å². The molecule has 1 saturated heterocycles. The van der Waals surface area contributed by atoms with Gasteiger partial charge in [-0.3, -0.25) is 0 Å². The molecule has 0 bridgehead atoms. The maximum absolute atomic E-state index is 11.6. The van der Waals surface area contributed by atoms with Crippen molar-refractivity contribution in [3.05, 3.63) is 0 Å². The van der Waals surface area contributed by atoms with Gasteiger partial charge in [-0.25, -0.2) is 4.79 Å². The zero-order chi connectivity index (χ0) is 13.1. The fraction of sp³-hybridized carbons (Fsp3) is 0.923. The van der Waals surface area contributed by atoms with Crippen molar-refractivity contribution in [3.63, 3.8) is 0 Å². The standard InChI is InChI=1S/C13H26N2O2/c1-10-6-7-13(5,8-14-10)9-15-11(16)17-12(2,3)4/h10,14H,6-9H2,1-5H3,(H,15,16). The number of alkyl carbamates (subject to hydrolysis) is 1. The van der Waals surface area contributed by atoms with E-state index < -0.39 is 5.60 Å². The predicted molar refractivity (Wildman–Crippen MR) is 69.0 cm³/mol. The highest BCUT2D eigenvalue weighted by Gasteiger charge is 2.30. The van der Waals surface area contributed by atoms with E-state index in [2.05, 4.69) is 24.5 Å². The van der Waals surface area contributed by atoms with Crippen LogP contribution >= 0.6 is 0 Å². The summed E-state index contributed by atoms with van der Waals surface area (Å²) < 4.78 is 5.22. The Labute approximate surface area is 104 Å². The molecule has 2 unspecified atom stereocenters. The van der Waals surface area contributed by atoms with E-state index in [1.54, 1.807) is 0 Å². The summed E-state index contributed by atoms with van der Waals surface area (Å²) in [4.78, 5) is 11.6. The molecule has 0 aliphatic carbocycles. The number of hydrogen-bond acceptors (Lipinski definition) is 3. The molecule has 1 amide bonds. The van der Waals surface area contributed by atoms with Gasteiger partial charge in [0.25, 0.3) is 0 Å². The second-order valence-electron chi connectivity index (χ2n) is 6.49. The van der Waals surface area contributed by atoms with Crippen molar-refractivity contribution in [2.45, 2.75) is 59.1 Å². The van der Waals surface area contributed by atoms with Crippen molar-refractivity contribution < 1.29 is 9.53 Å². The second kappa shape index (κ2) is 5.25. The summed E-state index contributed by atoms with van der Waals surface area (Å²) in [6, 6.07) is 0.588. The summed E-state index contributed by atoms with van der Waals surface area (Å²) in [7, 11) is 0. The van der Waals surface area contributed by atoms with Gasteiger partial charge in [-0.05, 0) is 46.0 Å². The fourth-order valence-electron chi connectivity index (χ4n) is 1.93. The number of amides is 1. The Morgan fingerprint density at radius 1 is 1.53 bits per heavy atom. The highest BCUT2D eigenvalue weighted by atomic mass is 16.6. The molecule has 1 aliphatic rings. The lowest BCUT2D eigenvalue weighted by molar-refractivity contribution is 0.0492. The first-order valence-corrected chi connectivity index (χ1v) is 6.40. The Bertz CT molecular complexity index is 263. The molecule has 0 aromatic rings. The molecule has 0 aromatic heterocycles. The lowest BCUT2D eigenvalue weighted by atomic mass is 9.81. The maximum atomic E-state index is 11.6. The van der Waals surface area contributed by atoms with E-state index in [1.165, 1.54) is 0 Å².